The molecule has 25 heavy (non-hydrogen) atoms. The van der Waals surface area contributed by atoms with Crippen molar-refractivity contribution in [2.45, 2.75) is 25.8 Å². The monoisotopic (exact) mass is 343 g/mol. The first-order chi connectivity index (χ1) is 12.2. The molecule has 1 N–H and O–H groups in total. The Balaban J connectivity index is 1.46. The summed E-state index contributed by atoms with van der Waals surface area (Å²) in [4.78, 5) is 4.03. The van der Waals surface area contributed by atoms with Crippen LogP contribution in [0.5, 0.6) is 5.75 Å². The van der Waals surface area contributed by atoms with Gasteiger partial charge in [-0.05, 0) is 55.3 Å². The average Bonchev–Trinajstić information content (AvgIpc) is 2.67. The highest BCUT2D eigenvalue weighted by atomic mass is 19.1. The van der Waals surface area contributed by atoms with Crippen LogP contribution in [0, 0.1) is 5.82 Å². The van der Waals surface area contributed by atoms with Gasteiger partial charge in [0.25, 0.3) is 0 Å². The summed E-state index contributed by atoms with van der Waals surface area (Å²) >= 11 is 0. The van der Waals surface area contributed by atoms with E-state index in [4.69, 9.17) is 4.74 Å². The van der Waals surface area contributed by atoms with Crippen molar-refractivity contribution in [3.05, 3.63) is 59.9 Å². The van der Waals surface area contributed by atoms with Gasteiger partial charge < -0.3 is 14.5 Å². The molecule has 0 amide bonds. The Morgan fingerprint density at radius 1 is 1.04 bits per heavy atom. The predicted octanol–water partition coefficient (Wildman–Crippen LogP) is 2.56. The summed E-state index contributed by atoms with van der Waals surface area (Å²) in [5.74, 6) is 0.750. The third kappa shape index (κ3) is 4.73. The minimum atomic E-state index is -0.167. The second-order valence-electron chi connectivity index (χ2n) is 6.91. The molecule has 0 unspecified atom stereocenters. The van der Waals surface area contributed by atoms with Crippen molar-refractivity contribution in [1.29, 1.82) is 0 Å². The second kappa shape index (κ2) is 8.34. The molecule has 134 valence electrons. The molecule has 2 aromatic carbocycles. The lowest BCUT2D eigenvalue weighted by Gasteiger charge is -2.36. The number of benzene rings is 2. The lowest BCUT2D eigenvalue weighted by atomic mass is 10.0. The van der Waals surface area contributed by atoms with E-state index in [0.29, 0.717) is 6.04 Å². The molecule has 1 saturated heterocycles. The van der Waals surface area contributed by atoms with Crippen LogP contribution in [0.2, 0.25) is 0 Å². The van der Waals surface area contributed by atoms with E-state index in [1.54, 1.807) is 24.1 Å². The number of hydrogen-bond donors (Lipinski definition) is 1. The predicted molar refractivity (Wildman–Crippen MR) is 100 cm³/mol. The van der Waals surface area contributed by atoms with E-state index in [1.807, 2.05) is 24.3 Å². The first-order valence-corrected chi connectivity index (χ1v) is 9.14. The van der Waals surface area contributed by atoms with Crippen LogP contribution in [0.1, 0.15) is 18.9 Å². The molecule has 0 aliphatic carbocycles. The molecular weight excluding hydrogens is 315 g/mol. The van der Waals surface area contributed by atoms with E-state index in [2.05, 4.69) is 24.0 Å². The highest BCUT2D eigenvalue weighted by Gasteiger charge is 2.24. The van der Waals surface area contributed by atoms with Crippen molar-refractivity contribution >= 4 is 5.69 Å². The molecule has 0 bridgehead atoms. The maximum Gasteiger partial charge on any atom is 0.123 e. The van der Waals surface area contributed by atoms with Crippen LogP contribution < -0.4 is 14.5 Å². The number of anilines is 1. The van der Waals surface area contributed by atoms with Crippen LogP contribution in [0.15, 0.2) is 48.5 Å². The van der Waals surface area contributed by atoms with E-state index < -0.39 is 0 Å². The van der Waals surface area contributed by atoms with E-state index in [9.17, 15) is 4.39 Å². The van der Waals surface area contributed by atoms with E-state index >= 15 is 0 Å². The van der Waals surface area contributed by atoms with Gasteiger partial charge in [0.15, 0.2) is 0 Å². The summed E-state index contributed by atoms with van der Waals surface area (Å²) in [6.07, 6.45) is 2.30. The number of halogens is 1. The van der Waals surface area contributed by atoms with Crippen LogP contribution in [-0.2, 0) is 6.42 Å². The number of aryl methyl sites for hydroxylation is 1. The molecule has 1 fully saturated rings. The van der Waals surface area contributed by atoms with Gasteiger partial charge in [0.1, 0.15) is 11.6 Å². The van der Waals surface area contributed by atoms with Crippen molar-refractivity contribution < 1.29 is 14.0 Å². The largest absolute Gasteiger partial charge is 0.497 e. The number of nitrogens with zero attached hydrogens (tertiary/aromatic N) is 1. The van der Waals surface area contributed by atoms with Gasteiger partial charge in [0.2, 0.25) is 0 Å². The summed E-state index contributed by atoms with van der Waals surface area (Å²) in [5.41, 5.74) is 2.50. The minimum Gasteiger partial charge on any atom is -0.497 e. The number of ether oxygens (including phenoxy) is 1. The number of hydrogen-bond acceptors (Lipinski definition) is 2. The minimum absolute atomic E-state index is 0.167. The zero-order valence-electron chi connectivity index (χ0n) is 15.2. The molecule has 3 rings (SSSR count). The third-order valence-corrected chi connectivity index (χ3v) is 5.32. The lowest BCUT2D eigenvalue weighted by molar-refractivity contribution is -0.924. The molecule has 1 aliphatic heterocycles. The van der Waals surface area contributed by atoms with Gasteiger partial charge in [-0.3, -0.25) is 0 Å². The molecule has 0 aromatic heterocycles. The molecule has 1 heterocycles. The molecule has 1 atom stereocenters. The van der Waals surface area contributed by atoms with Gasteiger partial charge in [0.05, 0.1) is 39.3 Å². The van der Waals surface area contributed by atoms with Crippen LogP contribution >= 0.6 is 0 Å². The van der Waals surface area contributed by atoms with Gasteiger partial charge in [0, 0.05) is 12.1 Å². The van der Waals surface area contributed by atoms with Gasteiger partial charge in [-0.15, -0.1) is 0 Å². The van der Waals surface area contributed by atoms with E-state index in [1.165, 1.54) is 12.0 Å². The summed E-state index contributed by atoms with van der Waals surface area (Å²) < 4.78 is 18.3. The zero-order valence-corrected chi connectivity index (χ0v) is 15.2. The Morgan fingerprint density at radius 3 is 2.28 bits per heavy atom. The maximum absolute atomic E-state index is 13.1. The standard InChI is InChI=1S/C21H27FN2O/c1-17(3-4-18-5-11-21(25-2)12-6-18)23-13-15-24(16-14-23)20-9-7-19(22)8-10-20/h5-12,17H,3-4,13-16H2,1-2H3/p+1/t17-/m0/s1. The fourth-order valence-corrected chi connectivity index (χ4v) is 3.58. The Kier molecular flexibility index (Phi) is 5.92. The van der Waals surface area contributed by atoms with Gasteiger partial charge >= 0.3 is 0 Å². The average molecular weight is 343 g/mol. The quantitative estimate of drug-likeness (QED) is 0.868. The molecule has 0 saturated carbocycles. The fraction of sp³-hybridized carbons (Fsp3) is 0.429. The Bertz CT molecular complexity index is 649. The van der Waals surface area contributed by atoms with Crippen molar-refractivity contribution in [3.63, 3.8) is 0 Å². The first kappa shape index (κ1) is 17.7. The maximum atomic E-state index is 13.1. The third-order valence-electron chi connectivity index (χ3n) is 5.32. The van der Waals surface area contributed by atoms with Gasteiger partial charge in [-0.1, -0.05) is 12.1 Å². The van der Waals surface area contributed by atoms with Crippen molar-refractivity contribution in [2.75, 3.05) is 38.2 Å². The van der Waals surface area contributed by atoms with Crippen LogP contribution in [0.4, 0.5) is 10.1 Å². The molecule has 0 spiro atoms. The number of rotatable bonds is 6. The van der Waals surface area contributed by atoms with Gasteiger partial charge in [-0.25, -0.2) is 4.39 Å². The number of quaternary nitrogens is 1. The zero-order chi connectivity index (χ0) is 17.6. The highest BCUT2D eigenvalue weighted by Crippen LogP contribution is 2.15. The fourth-order valence-electron chi connectivity index (χ4n) is 3.58. The molecular formula is C21H28FN2O+. The van der Waals surface area contributed by atoms with E-state index in [0.717, 1.165) is 44.0 Å². The number of methoxy groups -OCH3 is 1. The van der Waals surface area contributed by atoms with Crippen LogP contribution in [0.3, 0.4) is 0 Å². The van der Waals surface area contributed by atoms with Gasteiger partial charge in [-0.2, -0.15) is 0 Å². The van der Waals surface area contributed by atoms with Crippen molar-refractivity contribution in [1.82, 2.24) is 0 Å². The van der Waals surface area contributed by atoms with Crippen LogP contribution in [0.25, 0.3) is 0 Å². The molecule has 1 aliphatic rings. The Labute approximate surface area is 150 Å². The number of piperazine rings is 1. The first-order valence-electron chi connectivity index (χ1n) is 9.14. The summed E-state index contributed by atoms with van der Waals surface area (Å²) in [6, 6.07) is 15.9. The molecule has 4 heteroatoms. The van der Waals surface area contributed by atoms with Crippen molar-refractivity contribution in [3.8, 4) is 5.75 Å². The molecule has 2 aromatic rings. The normalized spacial score (nSPS) is 16.7. The summed E-state index contributed by atoms with van der Waals surface area (Å²) in [5, 5.41) is 0. The summed E-state index contributed by atoms with van der Waals surface area (Å²) in [7, 11) is 1.70. The van der Waals surface area contributed by atoms with Crippen molar-refractivity contribution in [2.24, 2.45) is 0 Å². The molecule has 0 radical (unpaired) electrons. The van der Waals surface area contributed by atoms with E-state index in [-0.39, 0.29) is 5.82 Å². The topological polar surface area (TPSA) is 16.9 Å². The number of nitrogens with one attached hydrogen (secondary N) is 1. The van der Waals surface area contributed by atoms with Crippen LogP contribution in [-0.4, -0.2) is 39.3 Å². The Hall–Kier alpha value is -2.07. The highest BCUT2D eigenvalue weighted by molar-refractivity contribution is 5.46. The smallest absolute Gasteiger partial charge is 0.123 e. The molecule has 3 nitrogen and oxygen atoms in total. The summed E-state index contributed by atoms with van der Waals surface area (Å²) in [6.45, 7) is 6.70. The Morgan fingerprint density at radius 2 is 1.68 bits per heavy atom. The second-order valence-corrected chi connectivity index (χ2v) is 6.91. The SMILES string of the molecule is COc1ccc(CC[C@H](C)[NH+]2CCN(c3ccc(F)cc3)CC2)cc1. The lowest BCUT2D eigenvalue weighted by Crippen LogP contribution is -3.18.